The molecule has 1 heterocycles. The van der Waals surface area contributed by atoms with Crippen LogP contribution in [0, 0.1) is 12.3 Å². The molecule has 0 fully saturated rings. The Hall–Kier alpha value is -1.31. The number of carbonyl (C=O) groups excluding carboxylic acids is 1. The molecule has 0 aliphatic rings. The summed E-state index contributed by atoms with van der Waals surface area (Å²) in [6.45, 7) is 0. The van der Waals surface area contributed by atoms with E-state index in [1.165, 1.54) is 6.33 Å². The number of nitrogens with zero attached hydrogens (tertiary/aromatic N) is 2. The van der Waals surface area contributed by atoms with Crippen molar-refractivity contribution in [3.63, 3.8) is 0 Å². The summed E-state index contributed by atoms with van der Waals surface area (Å²) >= 11 is 11.4. The first-order valence-electron chi connectivity index (χ1n) is 4.04. The highest BCUT2D eigenvalue weighted by atomic mass is 35.5. The van der Waals surface area contributed by atoms with Crippen molar-refractivity contribution in [3.05, 3.63) is 16.5 Å². The molecule has 78 valence electrons. The van der Waals surface area contributed by atoms with Crippen LogP contribution in [0.4, 0.5) is 5.82 Å². The van der Waals surface area contributed by atoms with E-state index < -0.39 is 0 Å². The summed E-state index contributed by atoms with van der Waals surface area (Å²) in [5.41, 5.74) is 0. The zero-order valence-electron chi connectivity index (χ0n) is 7.63. The Labute approximate surface area is 97.0 Å². The Morgan fingerprint density at radius 2 is 2.27 bits per heavy atom. The molecule has 0 aliphatic carbocycles. The average molecular weight is 244 g/mol. The number of hydrogen-bond acceptors (Lipinski definition) is 3. The van der Waals surface area contributed by atoms with Crippen LogP contribution < -0.4 is 5.32 Å². The molecule has 0 aromatic carbocycles. The Morgan fingerprint density at radius 3 is 2.93 bits per heavy atom. The van der Waals surface area contributed by atoms with E-state index in [9.17, 15) is 4.79 Å². The predicted octanol–water partition coefficient (Wildman–Crippen LogP) is 2.14. The molecule has 1 N–H and O–H groups in total. The van der Waals surface area contributed by atoms with E-state index in [4.69, 9.17) is 29.6 Å². The van der Waals surface area contributed by atoms with E-state index in [0.717, 1.165) is 0 Å². The van der Waals surface area contributed by atoms with Crippen LogP contribution in [-0.4, -0.2) is 15.9 Å². The zero-order valence-corrected chi connectivity index (χ0v) is 9.14. The summed E-state index contributed by atoms with van der Waals surface area (Å²) in [4.78, 5) is 18.7. The van der Waals surface area contributed by atoms with E-state index in [1.54, 1.807) is 0 Å². The van der Waals surface area contributed by atoms with Gasteiger partial charge in [-0.15, -0.1) is 12.3 Å². The fraction of sp³-hybridized carbons (Fsp3) is 0.222. The number of anilines is 1. The highest BCUT2D eigenvalue weighted by molar-refractivity contribution is 6.42. The van der Waals surface area contributed by atoms with E-state index in [0.29, 0.717) is 6.42 Å². The van der Waals surface area contributed by atoms with Gasteiger partial charge in [0, 0.05) is 12.8 Å². The number of hydrogen-bond donors (Lipinski definition) is 1. The Balaban J connectivity index is 2.69. The summed E-state index contributed by atoms with van der Waals surface area (Å²) in [6.07, 6.45) is 6.81. The van der Waals surface area contributed by atoms with Crippen molar-refractivity contribution in [2.24, 2.45) is 0 Å². The summed E-state index contributed by atoms with van der Waals surface area (Å²) in [6, 6.07) is 0. The molecule has 1 amide bonds. The molecule has 0 unspecified atom stereocenters. The van der Waals surface area contributed by atoms with Gasteiger partial charge in [-0.25, -0.2) is 9.97 Å². The molecule has 0 atom stereocenters. The molecular formula is C9H7Cl2N3O. The maximum atomic E-state index is 11.3. The highest BCUT2D eigenvalue weighted by Gasteiger charge is 2.09. The lowest BCUT2D eigenvalue weighted by Gasteiger charge is -2.04. The lowest BCUT2D eigenvalue weighted by atomic mass is 10.3. The first kappa shape index (κ1) is 11.8. The molecular weight excluding hydrogens is 237 g/mol. The molecule has 0 saturated carbocycles. The van der Waals surface area contributed by atoms with E-state index in [2.05, 4.69) is 21.2 Å². The van der Waals surface area contributed by atoms with Crippen LogP contribution in [0.2, 0.25) is 10.2 Å². The summed E-state index contributed by atoms with van der Waals surface area (Å²) in [5, 5.41) is 2.70. The first-order chi connectivity index (χ1) is 7.15. The average Bonchev–Trinajstić information content (AvgIpc) is 2.22. The van der Waals surface area contributed by atoms with Gasteiger partial charge >= 0.3 is 0 Å². The van der Waals surface area contributed by atoms with E-state index in [1.807, 2.05) is 0 Å². The van der Waals surface area contributed by atoms with Gasteiger partial charge in [0.2, 0.25) is 5.91 Å². The second kappa shape index (κ2) is 5.54. The number of nitrogens with one attached hydrogen (secondary N) is 1. The monoisotopic (exact) mass is 243 g/mol. The van der Waals surface area contributed by atoms with Crippen LogP contribution in [0.15, 0.2) is 6.33 Å². The van der Waals surface area contributed by atoms with Crippen molar-refractivity contribution < 1.29 is 4.79 Å². The molecule has 6 heteroatoms. The second-order valence-corrected chi connectivity index (χ2v) is 3.32. The Morgan fingerprint density at radius 1 is 1.53 bits per heavy atom. The van der Waals surface area contributed by atoms with Crippen LogP contribution in [-0.2, 0) is 4.79 Å². The fourth-order valence-electron chi connectivity index (χ4n) is 0.816. The third-order valence-electron chi connectivity index (χ3n) is 1.50. The van der Waals surface area contributed by atoms with Gasteiger partial charge in [0.25, 0.3) is 0 Å². The van der Waals surface area contributed by atoms with Crippen molar-refractivity contribution >= 4 is 34.9 Å². The minimum atomic E-state index is -0.260. The molecule has 4 nitrogen and oxygen atoms in total. The van der Waals surface area contributed by atoms with Gasteiger partial charge < -0.3 is 5.32 Å². The van der Waals surface area contributed by atoms with Crippen LogP contribution in [0.3, 0.4) is 0 Å². The minimum absolute atomic E-state index is 0.0962. The van der Waals surface area contributed by atoms with Gasteiger partial charge in [0.1, 0.15) is 11.3 Å². The van der Waals surface area contributed by atoms with E-state index >= 15 is 0 Å². The van der Waals surface area contributed by atoms with Gasteiger partial charge in [-0.3, -0.25) is 4.79 Å². The normalized spacial score (nSPS) is 9.40. The van der Waals surface area contributed by atoms with Crippen LogP contribution in [0.1, 0.15) is 12.8 Å². The maximum absolute atomic E-state index is 11.3. The molecule has 0 radical (unpaired) electrons. The van der Waals surface area contributed by atoms with Gasteiger partial charge in [-0.05, 0) is 0 Å². The first-order valence-corrected chi connectivity index (χ1v) is 4.80. The molecule has 0 bridgehead atoms. The molecule has 15 heavy (non-hydrogen) atoms. The van der Waals surface area contributed by atoms with Crippen molar-refractivity contribution in [3.8, 4) is 12.3 Å². The van der Waals surface area contributed by atoms with E-state index in [-0.39, 0.29) is 28.3 Å². The largest absolute Gasteiger partial charge is 0.309 e. The number of aromatic nitrogens is 2. The van der Waals surface area contributed by atoms with Gasteiger partial charge in [-0.1, -0.05) is 23.2 Å². The summed E-state index contributed by atoms with van der Waals surface area (Å²) in [7, 11) is 0. The molecule has 0 spiro atoms. The number of amides is 1. The molecule has 0 saturated heterocycles. The number of halogens is 2. The standard InChI is InChI=1S/C9H7Cl2N3O/c1-2-3-4-6(15)14-9-7(10)8(11)12-5-13-9/h1,5H,3-4H2,(H,12,13,14,15). The molecule has 1 rings (SSSR count). The SMILES string of the molecule is C#CCCC(=O)Nc1ncnc(Cl)c1Cl. The van der Waals surface area contributed by atoms with Crippen molar-refractivity contribution in [1.82, 2.24) is 9.97 Å². The fourth-order valence-corrected chi connectivity index (χ4v) is 1.09. The number of rotatable bonds is 3. The third-order valence-corrected chi connectivity index (χ3v) is 2.24. The number of terminal acetylenes is 1. The quantitative estimate of drug-likeness (QED) is 0.654. The molecule has 1 aromatic rings. The van der Waals surface area contributed by atoms with Crippen LogP contribution >= 0.6 is 23.2 Å². The minimum Gasteiger partial charge on any atom is -0.309 e. The molecule has 0 aliphatic heterocycles. The smallest absolute Gasteiger partial charge is 0.226 e. The van der Waals surface area contributed by atoms with Crippen LogP contribution in [0.5, 0.6) is 0 Å². The van der Waals surface area contributed by atoms with Gasteiger partial charge in [0.05, 0.1) is 0 Å². The highest BCUT2D eigenvalue weighted by Crippen LogP contribution is 2.25. The van der Waals surface area contributed by atoms with Crippen molar-refractivity contribution in [2.75, 3.05) is 5.32 Å². The lowest BCUT2D eigenvalue weighted by Crippen LogP contribution is -2.12. The number of carbonyl (C=O) groups is 1. The van der Waals surface area contributed by atoms with Crippen molar-refractivity contribution in [2.45, 2.75) is 12.8 Å². The lowest BCUT2D eigenvalue weighted by molar-refractivity contribution is -0.116. The Bertz CT molecular complexity index is 414. The van der Waals surface area contributed by atoms with Crippen LogP contribution in [0.25, 0.3) is 0 Å². The van der Waals surface area contributed by atoms with Crippen molar-refractivity contribution in [1.29, 1.82) is 0 Å². The second-order valence-electron chi connectivity index (χ2n) is 2.58. The Kier molecular flexibility index (Phi) is 4.35. The molecule has 1 aromatic heterocycles. The summed E-state index contributed by atoms with van der Waals surface area (Å²) in [5.74, 6) is 2.29. The third kappa shape index (κ3) is 3.39. The van der Waals surface area contributed by atoms with Gasteiger partial charge in [-0.2, -0.15) is 0 Å². The topological polar surface area (TPSA) is 54.9 Å². The maximum Gasteiger partial charge on any atom is 0.226 e. The zero-order chi connectivity index (χ0) is 11.3. The summed E-state index contributed by atoms with van der Waals surface area (Å²) < 4.78 is 0. The predicted molar refractivity (Wildman–Crippen MR) is 58.7 cm³/mol. The van der Waals surface area contributed by atoms with Gasteiger partial charge in [0.15, 0.2) is 11.0 Å².